The molecule has 0 bridgehead atoms. The van der Waals surface area contributed by atoms with Gasteiger partial charge in [-0.25, -0.2) is 4.98 Å². The third kappa shape index (κ3) is 4.84. The second kappa shape index (κ2) is 8.51. The van der Waals surface area contributed by atoms with Crippen molar-refractivity contribution in [1.29, 1.82) is 0 Å². The van der Waals surface area contributed by atoms with Crippen molar-refractivity contribution in [2.24, 2.45) is 5.41 Å². The maximum absolute atomic E-state index is 12.3. The molecule has 134 valence electrons. The molecule has 2 aromatic rings. The van der Waals surface area contributed by atoms with E-state index in [2.05, 4.69) is 20.6 Å². The van der Waals surface area contributed by atoms with E-state index < -0.39 is 0 Å². The van der Waals surface area contributed by atoms with Crippen molar-refractivity contribution in [3.8, 4) is 10.7 Å². The number of pyridine rings is 1. The molecule has 3 rings (SSSR count). The van der Waals surface area contributed by atoms with Crippen molar-refractivity contribution in [2.45, 2.75) is 19.3 Å². The van der Waals surface area contributed by atoms with Crippen molar-refractivity contribution in [1.82, 2.24) is 20.6 Å². The summed E-state index contributed by atoms with van der Waals surface area (Å²) < 4.78 is 5.39. The topological polar surface area (TPSA) is 76.1 Å². The minimum Gasteiger partial charge on any atom is -0.384 e. The number of amides is 1. The SMILES string of the molecule is COCC1(CNC(=O)Cc2csc(-c3ccccn3)n2)CCNCC1. The van der Waals surface area contributed by atoms with E-state index in [4.69, 9.17) is 4.74 Å². The van der Waals surface area contributed by atoms with Crippen LogP contribution < -0.4 is 10.6 Å². The Bertz CT molecular complexity index is 678. The van der Waals surface area contributed by atoms with Crippen molar-refractivity contribution in [2.75, 3.05) is 33.4 Å². The zero-order valence-corrected chi connectivity index (χ0v) is 15.3. The number of piperidine rings is 1. The van der Waals surface area contributed by atoms with Crippen LogP contribution in [-0.2, 0) is 16.0 Å². The smallest absolute Gasteiger partial charge is 0.226 e. The summed E-state index contributed by atoms with van der Waals surface area (Å²) in [4.78, 5) is 21.2. The molecule has 0 radical (unpaired) electrons. The minimum absolute atomic E-state index is 0.00637. The van der Waals surface area contributed by atoms with Crippen LogP contribution in [0.25, 0.3) is 10.7 Å². The quantitative estimate of drug-likeness (QED) is 0.788. The average Bonchev–Trinajstić information content (AvgIpc) is 3.10. The molecule has 0 spiro atoms. The molecule has 25 heavy (non-hydrogen) atoms. The van der Waals surface area contributed by atoms with Gasteiger partial charge in [0.25, 0.3) is 0 Å². The Morgan fingerprint density at radius 2 is 2.24 bits per heavy atom. The van der Waals surface area contributed by atoms with Crippen LogP contribution in [0.15, 0.2) is 29.8 Å². The van der Waals surface area contributed by atoms with Crippen LogP contribution in [0.2, 0.25) is 0 Å². The fourth-order valence-corrected chi connectivity index (χ4v) is 3.94. The van der Waals surface area contributed by atoms with E-state index in [1.165, 1.54) is 11.3 Å². The molecule has 1 fully saturated rings. The first kappa shape index (κ1) is 18.0. The molecular formula is C18H24N4O2S. The van der Waals surface area contributed by atoms with Crippen molar-refractivity contribution in [3.05, 3.63) is 35.5 Å². The summed E-state index contributed by atoms with van der Waals surface area (Å²) in [6.45, 7) is 3.27. The zero-order chi connectivity index (χ0) is 17.5. The number of methoxy groups -OCH3 is 1. The first-order valence-electron chi connectivity index (χ1n) is 8.53. The lowest BCUT2D eigenvalue weighted by Gasteiger charge is -2.37. The third-order valence-electron chi connectivity index (χ3n) is 4.55. The first-order valence-corrected chi connectivity index (χ1v) is 9.41. The van der Waals surface area contributed by atoms with Gasteiger partial charge < -0.3 is 15.4 Å². The highest BCUT2D eigenvalue weighted by atomic mass is 32.1. The molecule has 0 saturated carbocycles. The van der Waals surface area contributed by atoms with Gasteiger partial charge in [0.1, 0.15) is 5.01 Å². The molecule has 1 aliphatic rings. The maximum atomic E-state index is 12.3. The van der Waals surface area contributed by atoms with Gasteiger partial charge in [0.2, 0.25) is 5.91 Å². The van der Waals surface area contributed by atoms with Gasteiger partial charge in [0.05, 0.1) is 24.4 Å². The molecule has 0 atom stereocenters. The Morgan fingerprint density at radius 1 is 1.40 bits per heavy atom. The summed E-state index contributed by atoms with van der Waals surface area (Å²) in [5.41, 5.74) is 1.67. The monoisotopic (exact) mass is 360 g/mol. The minimum atomic E-state index is 0.00637. The van der Waals surface area contributed by atoms with Crippen LogP contribution >= 0.6 is 11.3 Å². The number of carbonyl (C=O) groups excluding carboxylic acids is 1. The summed E-state index contributed by atoms with van der Waals surface area (Å²) in [5.74, 6) is 0.00637. The highest BCUT2D eigenvalue weighted by Crippen LogP contribution is 2.28. The van der Waals surface area contributed by atoms with Crippen molar-refractivity contribution < 1.29 is 9.53 Å². The number of thiazole rings is 1. The van der Waals surface area contributed by atoms with Crippen LogP contribution in [0.4, 0.5) is 0 Å². The molecule has 2 aromatic heterocycles. The highest BCUT2D eigenvalue weighted by molar-refractivity contribution is 7.13. The van der Waals surface area contributed by atoms with E-state index >= 15 is 0 Å². The van der Waals surface area contributed by atoms with Gasteiger partial charge in [-0.2, -0.15) is 0 Å². The number of aromatic nitrogens is 2. The molecule has 7 heteroatoms. The van der Waals surface area contributed by atoms with E-state index in [1.807, 2.05) is 23.6 Å². The molecule has 2 N–H and O–H groups in total. The maximum Gasteiger partial charge on any atom is 0.226 e. The third-order valence-corrected chi connectivity index (χ3v) is 5.47. The largest absolute Gasteiger partial charge is 0.384 e. The fraction of sp³-hybridized carbons (Fsp3) is 0.500. The van der Waals surface area contributed by atoms with E-state index in [1.54, 1.807) is 13.3 Å². The van der Waals surface area contributed by atoms with Crippen LogP contribution in [0.3, 0.4) is 0 Å². The first-order chi connectivity index (χ1) is 12.2. The number of nitrogens with one attached hydrogen (secondary N) is 2. The van der Waals surface area contributed by atoms with E-state index in [-0.39, 0.29) is 11.3 Å². The molecule has 6 nitrogen and oxygen atoms in total. The summed E-state index contributed by atoms with van der Waals surface area (Å²) >= 11 is 1.52. The van der Waals surface area contributed by atoms with Gasteiger partial charge in [-0.15, -0.1) is 11.3 Å². The second-order valence-corrected chi connectivity index (χ2v) is 7.35. The number of carbonyl (C=O) groups is 1. The Hall–Kier alpha value is -1.83. The van der Waals surface area contributed by atoms with Gasteiger partial charge in [0, 0.05) is 30.6 Å². The standard InChI is InChI=1S/C18H24N4O2S/c1-24-13-18(5-8-19-9-6-18)12-21-16(23)10-14-11-25-17(22-14)15-4-2-3-7-20-15/h2-4,7,11,19H,5-6,8-10,12-13H2,1H3,(H,21,23). The van der Waals surface area contributed by atoms with Gasteiger partial charge in [-0.3, -0.25) is 9.78 Å². The zero-order valence-electron chi connectivity index (χ0n) is 14.5. The number of ether oxygens (including phenoxy) is 1. The van der Waals surface area contributed by atoms with Crippen LogP contribution in [0.1, 0.15) is 18.5 Å². The Labute approximate surface area is 152 Å². The van der Waals surface area contributed by atoms with Crippen molar-refractivity contribution in [3.63, 3.8) is 0 Å². The normalized spacial score (nSPS) is 16.5. The fourth-order valence-electron chi connectivity index (χ4n) is 3.14. The lowest BCUT2D eigenvalue weighted by atomic mass is 9.79. The Kier molecular flexibility index (Phi) is 6.12. The molecule has 0 unspecified atom stereocenters. The molecule has 1 aliphatic heterocycles. The predicted octanol–water partition coefficient (Wildman–Crippen LogP) is 1.88. The number of nitrogens with zero attached hydrogens (tertiary/aromatic N) is 2. The van der Waals surface area contributed by atoms with Gasteiger partial charge in [-0.05, 0) is 38.1 Å². The number of hydrogen-bond donors (Lipinski definition) is 2. The highest BCUT2D eigenvalue weighted by Gasteiger charge is 2.32. The summed E-state index contributed by atoms with van der Waals surface area (Å²) in [6, 6.07) is 5.74. The van der Waals surface area contributed by atoms with Crippen molar-refractivity contribution >= 4 is 17.2 Å². The van der Waals surface area contributed by atoms with Gasteiger partial charge in [-0.1, -0.05) is 6.07 Å². The van der Waals surface area contributed by atoms with E-state index in [0.29, 0.717) is 19.6 Å². The molecule has 0 aromatic carbocycles. The molecule has 0 aliphatic carbocycles. The molecule has 3 heterocycles. The number of rotatable bonds is 7. The summed E-state index contributed by atoms with van der Waals surface area (Å²) in [6.07, 6.45) is 4.07. The summed E-state index contributed by atoms with van der Waals surface area (Å²) in [7, 11) is 1.72. The Balaban J connectivity index is 1.55. The van der Waals surface area contributed by atoms with Crippen LogP contribution in [0, 0.1) is 5.41 Å². The van der Waals surface area contributed by atoms with Gasteiger partial charge in [0.15, 0.2) is 0 Å². The molecule has 1 amide bonds. The molecule has 1 saturated heterocycles. The number of hydrogen-bond acceptors (Lipinski definition) is 6. The average molecular weight is 360 g/mol. The molecular weight excluding hydrogens is 336 g/mol. The predicted molar refractivity (Wildman–Crippen MR) is 98.5 cm³/mol. The van der Waals surface area contributed by atoms with E-state index in [9.17, 15) is 4.79 Å². The van der Waals surface area contributed by atoms with Gasteiger partial charge >= 0.3 is 0 Å². The van der Waals surface area contributed by atoms with Crippen LogP contribution in [-0.4, -0.2) is 49.2 Å². The second-order valence-electron chi connectivity index (χ2n) is 6.50. The summed E-state index contributed by atoms with van der Waals surface area (Å²) in [5, 5.41) is 9.21. The van der Waals surface area contributed by atoms with E-state index in [0.717, 1.165) is 42.3 Å². The van der Waals surface area contributed by atoms with Crippen LogP contribution in [0.5, 0.6) is 0 Å². The Morgan fingerprint density at radius 3 is 2.96 bits per heavy atom. The lowest BCUT2D eigenvalue weighted by molar-refractivity contribution is -0.121. The lowest BCUT2D eigenvalue weighted by Crippen LogP contribution is -2.47.